The van der Waals surface area contributed by atoms with Crippen molar-refractivity contribution in [2.75, 3.05) is 0 Å². The van der Waals surface area contributed by atoms with Gasteiger partial charge in [0, 0.05) is 6.42 Å². The van der Waals surface area contributed by atoms with Gasteiger partial charge in [0.1, 0.15) is 0 Å². The van der Waals surface area contributed by atoms with Crippen LogP contribution >= 0.6 is 0 Å². The topological polar surface area (TPSA) is 37.3 Å². The molecule has 0 aliphatic carbocycles. The fourth-order valence-corrected chi connectivity index (χ4v) is 2.51. The monoisotopic (exact) mass is 296 g/mol. The first kappa shape index (κ1) is 20.2. The van der Waals surface area contributed by atoms with Gasteiger partial charge in [0.25, 0.3) is 0 Å². The van der Waals surface area contributed by atoms with Gasteiger partial charge in [-0.3, -0.25) is 4.79 Å². The maximum absolute atomic E-state index is 10.3. The predicted molar refractivity (Wildman–Crippen MR) is 91.7 cm³/mol. The molecule has 2 nitrogen and oxygen atoms in total. The Morgan fingerprint density at radius 2 is 1.14 bits per heavy atom. The van der Waals surface area contributed by atoms with E-state index in [-0.39, 0.29) is 0 Å². The summed E-state index contributed by atoms with van der Waals surface area (Å²) in [5.41, 5.74) is 0. The summed E-state index contributed by atoms with van der Waals surface area (Å²) in [4.78, 5) is 10.3. The number of carboxylic acid groups (broad SMARTS) is 1. The van der Waals surface area contributed by atoms with Crippen LogP contribution in [0.15, 0.2) is 12.2 Å². The van der Waals surface area contributed by atoms with Crippen LogP contribution in [0.3, 0.4) is 0 Å². The largest absolute Gasteiger partial charge is 0.481 e. The molecule has 0 radical (unpaired) electrons. The Kier molecular flexibility index (Phi) is 16.6. The average molecular weight is 296 g/mol. The highest BCUT2D eigenvalue weighted by atomic mass is 16.4. The fraction of sp³-hybridized carbons (Fsp3) is 0.842. The number of carbonyl (C=O) groups is 1. The summed E-state index contributed by atoms with van der Waals surface area (Å²) in [6.07, 6.45) is 22.7. The van der Waals surface area contributed by atoms with E-state index in [2.05, 4.69) is 19.1 Å². The van der Waals surface area contributed by atoms with Crippen molar-refractivity contribution in [3.05, 3.63) is 12.2 Å². The molecule has 0 rings (SSSR count). The Bertz CT molecular complexity index is 246. The molecular formula is C19H36O2. The minimum absolute atomic E-state index is 0.340. The molecule has 0 aliphatic rings. The summed E-state index contributed by atoms with van der Waals surface area (Å²) in [6, 6.07) is 0. The molecular weight excluding hydrogens is 260 g/mol. The third kappa shape index (κ3) is 19.2. The van der Waals surface area contributed by atoms with Crippen LogP contribution < -0.4 is 0 Å². The molecule has 0 aromatic carbocycles. The second kappa shape index (κ2) is 17.3. The van der Waals surface area contributed by atoms with Crippen molar-refractivity contribution < 1.29 is 9.90 Å². The molecule has 0 spiro atoms. The second-order valence-electron chi connectivity index (χ2n) is 6.08. The zero-order valence-corrected chi connectivity index (χ0v) is 14.1. The van der Waals surface area contributed by atoms with E-state index in [1.54, 1.807) is 0 Å². The van der Waals surface area contributed by atoms with Crippen LogP contribution in [-0.2, 0) is 4.79 Å². The summed E-state index contributed by atoms with van der Waals surface area (Å²) >= 11 is 0. The summed E-state index contributed by atoms with van der Waals surface area (Å²) in [5, 5.41) is 8.52. The molecule has 21 heavy (non-hydrogen) atoms. The van der Waals surface area contributed by atoms with Crippen molar-refractivity contribution in [3.8, 4) is 0 Å². The first-order valence-corrected chi connectivity index (χ1v) is 9.14. The van der Waals surface area contributed by atoms with E-state index in [1.807, 2.05) is 0 Å². The van der Waals surface area contributed by atoms with E-state index in [4.69, 9.17) is 5.11 Å². The van der Waals surface area contributed by atoms with Gasteiger partial charge in [-0.1, -0.05) is 83.3 Å². The minimum Gasteiger partial charge on any atom is -0.481 e. The predicted octanol–water partition coefficient (Wildman–Crippen LogP) is 6.50. The number of hydrogen-bond donors (Lipinski definition) is 1. The highest BCUT2D eigenvalue weighted by molar-refractivity contribution is 5.66. The van der Waals surface area contributed by atoms with Gasteiger partial charge in [-0.2, -0.15) is 0 Å². The SMILES string of the molecule is CCCC/C=C/CCCCCCCCCCCCC(=O)O. The number of hydrogen-bond acceptors (Lipinski definition) is 1. The van der Waals surface area contributed by atoms with Crippen molar-refractivity contribution in [2.24, 2.45) is 0 Å². The maximum Gasteiger partial charge on any atom is 0.303 e. The Labute approximate surface area is 132 Å². The molecule has 0 saturated carbocycles. The van der Waals surface area contributed by atoms with Gasteiger partial charge in [-0.25, -0.2) is 0 Å². The van der Waals surface area contributed by atoms with Crippen LogP contribution in [0.2, 0.25) is 0 Å². The number of aliphatic carboxylic acids is 1. The smallest absolute Gasteiger partial charge is 0.303 e. The van der Waals surface area contributed by atoms with Gasteiger partial charge in [0.2, 0.25) is 0 Å². The number of unbranched alkanes of at least 4 members (excludes halogenated alkanes) is 12. The molecule has 0 amide bonds. The molecule has 0 heterocycles. The molecule has 0 aromatic heterocycles. The van der Waals surface area contributed by atoms with Crippen molar-refractivity contribution in [3.63, 3.8) is 0 Å². The number of carboxylic acids is 1. The molecule has 0 aliphatic heterocycles. The zero-order chi connectivity index (χ0) is 15.6. The lowest BCUT2D eigenvalue weighted by atomic mass is 10.0. The van der Waals surface area contributed by atoms with Crippen molar-refractivity contribution in [1.29, 1.82) is 0 Å². The van der Waals surface area contributed by atoms with Crippen LogP contribution in [0.5, 0.6) is 0 Å². The van der Waals surface area contributed by atoms with Crippen LogP contribution in [0.25, 0.3) is 0 Å². The molecule has 0 saturated heterocycles. The van der Waals surface area contributed by atoms with Gasteiger partial charge >= 0.3 is 5.97 Å². The fourth-order valence-electron chi connectivity index (χ4n) is 2.51. The van der Waals surface area contributed by atoms with E-state index in [9.17, 15) is 4.79 Å². The minimum atomic E-state index is -0.657. The quantitative estimate of drug-likeness (QED) is 0.261. The van der Waals surface area contributed by atoms with Crippen LogP contribution in [0.4, 0.5) is 0 Å². The molecule has 0 aromatic rings. The third-order valence-corrected chi connectivity index (χ3v) is 3.90. The maximum atomic E-state index is 10.3. The summed E-state index contributed by atoms with van der Waals surface area (Å²) in [5.74, 6) is -0.657. The Morgan fingerprint density at radius 1 is 0.714 bits per heavy atom. The van der Waals surface area contributed by atoms with Crippen molar-refractivity contribution in [2.45, 2.75) is 103 Å². The molecule has 0 unspecified atom stereocenters. The first-order valence-electron chi connectivity index (χ1n) is 9.14. The Hall–Kier alpha value is -0.790. The third-order valence-electron chi connectivity index (χ3n) is 3.90. The van der Waals surface area contributed by atoms with E-state index in [0.29, 0.717) is 6.42 Å². The van der Waals surface area contributed by atoms with Gasteiger partial charge in [-0.05, 0) is 25.7 Å². The summed E-state index contributed by atoms with van der Waals surface area (Å²) in [7, 11) is 0. The lowest BCUT2D eigenvalue weighted by Gasteiger charge is -2.01. The summed E-state index contributed by atoms with van der Waals surface area (Å²) < 4.78 is 0. The lowest BCUT2D eigenvalue weighted by Crippen LogP contribution is -1.93. The number of rotatable bonds is 16. The van der Waals surface area contributed by atoms with Crippen LogP contribution in [-0.4, -0.2) is 11.1 Å². The first-order chi connectivity index (χ1) is 10.3. The molecule has 124 valence electrons. The van der Waals surface area contributed by atoms with Crippen LogP contribution in [0, 0.1) is 0 Å². The van der Waals surface area contributed by atoms with E-state index < -0.39 is 5.97 Å². The lowest BCUT2D eigenvalue weighted by molar-refractivity contribution is -0.137. The normalized spacial score (nSPS) is 11.3. The zero-order valence-electron chi connectivity index (χ0n) is 14.1. The van der Waals surface area contributed by atoms with Gasteiger partial charge in [0.05, 0.1) is 0 Å². The molecule has 0 atom stereocenters. The molecule has 0 bridgehead atoms. The molecule has 0 fully saturated rings. The summed E-state index contributed by atoms with van der Waals surface area (Å²) in [6.45, 7) is 2.24. The van der Waals surface area contributed by atoms with Crippen molar-refractivity contribution >= 4 is 5.97 Å². The van der Waals surface area contributed by atoms with E-state index in [0.717, 1.165) is 12.8 Å². The van der Waals surface area contributed by atoms with E-state index >= 15 is 0 Å². The molecule has 1 N–H and O–H groups in total. The average Bonchev–Trinajstić information content (AvgIpc) is 2.46. The van der Waals surface area contributed by atoms with Gasteiger partial charge in [-0.15, -0.1) is 0 Å². The standard InChI is InChI=1S/C19H36O2/c1-2-3-4-5-6-7-8-9-10-11-12-13-14-15-16-17-18-19(20)21/h5-6H,2-4,7-18H2,1H3,(H,20,21)/b6-5+. The van der Waals surface area contributed by atoms with Gasteiger partial charge in [0.15, 0.2) is 0 Å². The van der Waals surface area contributed by atoms with Crippen molar-refractivity contribution in [1.82, 2.24) is 0 Å². The second-order valence-corrected chi connectivity index (χ2v) is 6.08. The highest BCUT2D eigenvalue weighted by Gasteiger charge is 1.96. The van der Waals surface area contributed by atoms with Crippen LogP contribution in [0.1, 0.15) is 103 Å². The Morgan fingerprint density at radius 3 is 1.62 bits per heavy atom. The number of allylic oxidation sites excluding steroid dienone is 2. The highest BCUT2D eigenvalue weighted by Crippen LogP contribution is 2.12. The van der Waals surface area contributed by atoms with Gasteiger partial charge < -0.3 is 5.11 Å². The molecule has 2 heteroatoms. The Balaban J connectivity index is 3.02. The van der Waals surface area contributed by atoms with E-state index in [1.165, 1.54) is 77.0 Å².